The SMILES string of the molecule is O=C(O)CCCN1CCCC(COc2ccccc2Cl)C1. The van der Waals surface area contributed by atoms with E-state index in [4.69, 9.17) is 21.4 Å². The molecule has 2 rings (SSSR count). The van der Waals surface area contributed by atoms with Crippen molar-refractivity contribution in [3.63, 3.8) is 0 Å². The summed E-state index contributed by atoms with van der Waals surface area (Å²) in [5.41, 5.74) is 0. The zero-order valence-electron chi connectivity index (χ0n) is 12.1. The van der Waals surface area contributed by atoms with E-state index in [1.165, 1.54) is 0 Å². The van der Waals surface area contributed by atoms with Crippen molar-refractivity contribution in [1.82, 2.24) is 4.90 Å². The van der Waals surface area contributed by atoms with Gasteiger partial charge in [-0.3, -0.25) is 4.79 Å². The molecule has 0 aromatic heterocycles. The van der Waals surface area contributed by atoms with Gasteiger partial charge in [0.05, 0.1) is 11.6 Å². The number of piperidine rings is 1. The molecule has 0 saturated carbocycles. The van der Waals surface area contributed by atoms with E-state index in [0.29, 0.717) is 24.0 Å². The van der Waals surface area contributed by atoms with Crippen LogP contribution < -0.4 is 4.74 Å². The van der Waals surface area contributed by atoms with Gasteiger partial charge in [-0.05, 0) is 44.5 Å². The fourth-order valence-corrected chi connectivity index (χ4v) is 2.90. The lowest BCUT2D eigenvalue weighted by atomic mass is 9.98. The Hall–Kier alpha value is -1.26. The van der Waals surface area contributed by atoms with Crippen LogP contribution in [0.3, 0.4) is 0 Å². The molecule has 1 atom stereocenters. The van der Waals surface area contributed by atoms with Crippen molar-refractivity contribution in [3.05, 3.63) is 29.3 Å². The number of rotatable bonds is 7. The molecule has 4 nitrogen and oxygen atoms in total. The molecule has 0 bridgehead atoms. The van der Waals surface area contributed by atoms with Crippen LogP contribution in [0, 0.1) is 5.92 Å². The van der Waals surface area contributed by atoms with E-state index in [-0.39, 0.29) is 6.42 Å². The summed E-state index contributed by atoms with van der Waals surface area (Å²) >= 11 is 6.08. The number of carboxylic acid groups (broad SMARTS) is 1. The van der Waals surface area contributed by atoms with E-state index in [1.807, 2.05) is 24.3 Å². The molecular weight excluding hydrogens is 290 g/mol. The first-order valence-corrected chi connectivity index (χ1v) is 7.84. The van der Waals surface area contributed by atoms with Gasteiger partial charge in [0.2, 0.25) is 0 Å². The second-order valence-electron chi connectivity index (χ2n) is 5.55. The van der Waals surface area contributed by atoms with E-state index in [9.17, 15) is 4.79 Å². The molecule has 1 saturated heterocycles. The minimum Gasteiger partial charge on any atom is -0.492 e. The molecule has 0 spiro atoms. The third-order valence-electron chi connectivity index (χ3n) is 3.78. The van der Waals surface area contributed by atoms with Crippen LogP contribution in [-0.2, 0) is 4.79 Å². The first-order valence-electron chi connectivity index (χ1n) is 7.46. The number of para-hydroxylation sites is 1. The monoisotopic (exact) mass is 311 g/mol. The fourth-order valence-electron chi connectivity index (χ4n) is 2.71. The molecule has 0 aliphatic carbocycles. The number of hydrogen-bond donors (Lipinski definition) is 1. The highest BCUT2D eigenvalue weighted by Crippen LogP contribution is 2.25. The number of nitrogens with zero attached hydrogens (tertiary/aromatic N) is 1. The Balaban J connectivity index is 1.74. The lowest BCUT2D eigenvalue weighted by Crippen LogP contribution is -2.38. The molecule has 0 radical (unpaired) electrons. The largest absolute Gasteiger partial charge is 0.492 e. The Kier molecular flexibility index (Phi) is 6.33. The zero-order chi connectivity index (χ0) is 15.1. The summed E-state index contributed by atoms with van der Waals surface area (Å²) in [4.78, 5) is 12.9. The minimum absolute atomic E-state index is 0.247. The molecule has 5 heteroatoms. The maximum Gasteiger partial charge on any atom is 0.303 e. The van der Waals surface area contributed by atoms with Crippen LogP contribution in [0.5, 0.6) is 5.75 Å². The third kappa shape index (κ3) is 5.56. The molecule has 1 aromatic carbocycles. The lowest BCUT2D eigenvalue weighted by molar-refractivity contribution is -0.137. The quantitative estimate of drug-likeness (QED) is 0.839. The Morgan fingerprint density at radius 3 is 3.00 bits per heavy atom. The van der Waals surface area contributed by atoms with Crippen LogP contribution >= 0.6 is 11.6 Å². The predicted molar refractivity (Wildman–Crippen MR) is 83.0 cm³/mol. The van der Waals surface area contributed by atoms with E-state index < -0.39 is 5.97 Å². The zero-order valence-corrected chi connectivity index (χ0v) is 12.9. The second-order valence-corrected chi connectivity index (χ2v) is 5.95. The van der Waals surface area contributed by atoms with Crippen molar-refractivity contribution in [2.45, 2.75) is 25.7 Å². The Bertz CT molecular complexity index is 467. The number of aliphatic carboxylic acids is 1. The smallest absolute Gasteiger partial charge is 0.303 e. The third-order valence-corrected chi connectivity index (χ3v) is 4.09. The number of ether oxygens (including phenoxy) is 1. The van der Waals surface area contributed by atoms with E-state index >= 15 is 0 Å². The van der Waals surface area contributed by atoms with Gasteiger partial charge in [-0.2, -0.15) is 0 Å². The minimum atomic E-state index is -0.717. The van der Waals surface area contributed by atoms with Crippen molar-refractivity contribution in [2.24, 2.45) is 5.92 Å². The molecule has 1 heterocycles. The molecular formula is C16H22ClNO3. The highest BCUT2D eigenvalue weighted by Gasteiger charge is 2.20. The van der Waals surface area contributed by atoms with Crippen molar-refractivity contribution in [2.75, 3.05) is 26.2 Å². The van der Waals surface area contributed by atoms with Crippen LogP contribution in [0.15, 0.2) is 24.3 Å². The van der Waals surface area contributed by atoms with Crippen molar-refractivity contribution in [3.8, 4) is 5.75 Å². The predicted octanol–water partition coefficient (Wildman–Crippen LogP) is 3.30. The summed E-state index contributed by atoms with van der Waals surface area (Å²) < 4.78 is 5.81. The van der Waals surface area contributed by atoms with Gasteiger partial charge in [-0.25, -0.2) is 0 Å². The average molecular weight is 312 g/mol. The first kappa shape index (κ1) is 16.1. The van der Waals surface area contributed by atoms with E-state index in [1.54, 1.807) is 0 Å². The molecule has 1 aliphatic rings. The van der Waals surface area contributed by atoms with Crippen LogP contribution in [0.2, 0.25) is 5.02 Å². The summed E-state index contributed by atoms with van der Waals surface area (Å²) in [5, 5.41) is 9.33. The molecule has 1 aromatic rings. The summed E-state index contributed by atoms with van der Waals surface area (Å²) in [7, 11) is 0. The first-order chi connectivity index (χ1) is 10.1. The van der Waals surface area contributed by atoms with E-state index in [2.05, 4.69) is 4.90 Å². The number of carbonyl (C=O) groups is 1. The average Bonchev–Trinajstić information content (AvgIpc) is 2.46. The van der Waals surface area contributed by atoms with Gasteiger partial charge in [0, 0.05) is 18.9 Å². The van der Waals surface area contributed by atoms with Gasteiger partial charge in [0.15, 0.2) is 0 Å². The number of hydrogen-bond acceptors (Lipinski definition) is 3. The van der Waals surface area contributed by atoms with Crippen molar-refractivity contribution in [1.29, 1.82) is 0 Å². The van der Waals surface area contributed by atoms with Gasteiger partial charge in [0.25, 0.3) is 0 Å². The molecule has 1 fully saturated rings. The van der Waals surface area contributed by atoms with Crippen LogP contribution in [0.1, 0.15) is 25.7 Å². The summed E-state index contributed by atoms with van der Waals surface area (Å²) in [5.74, 6) is 0.507. The second kappa shape index (κ2) is 8.25. The molecule has 1 unspecified atom stereocenters. The van der Waals surface area contributed by atoms with Gasteiger partial charge < -0.3 is 14.7 Å². The van der Waals surface area contributed by atoms with Gasteiger partial charge >= 0.3 is 5.97 Å². The van der Waals surface area contributed by atoms with Crippen molar-refractivity contribution < 1.29 is 14.6 Å². The lowest BCUT2D eigenvalue weighted by Gasteiger charge is -2.32. The Labute approximate surface area is 130 Å². The highest BCUT2D eigenvalue weighted by atomic mass is 35.5. The van der Waals surface area contributed by atoms with Gasteiger partial charge in [-0.15, -0.1) is 0 Å². The maximum atomic E-state index is 10.5. The van der Waals surface area contributed by atoms with Gasteiger partial charge in [-0.1, -0.05) is 23.7 Å². The maximum absolute atomic E-state index is 10.5. The Morgan fingerprint density at radius 2 is 2.24 bits per heavy atom. The molecule has 0 amide bonds. The summed E-state index contributed by atoms with van der Waals surface area (Å²) in [6.45, 7) is 3.56. The van der Waals surface area contributed by atoms with Crippen LogP contribution in [-0.4, -0.2) is 42.2 Å². The van der Waals surface area contributed by atoms with Gasteiger partial charge in [0.1, 0.15) is 5.75 Å². The molecule has 21 heavy (non-hydrogen) atoms. The summed E-state index contributed by atoms with van der Waals surface area (Å²) in [6.07, 6.45) is 3.26. The normalized spacial score (nSPS) is 19.4. The molecule has 116 valence electrons. The number of likely N-dealkylation sites (tertiary alicyclic amines) is 1. The van der Waals surface area contributed by atoms with Crippen LogP contribution in [0.4, 0.5) is 0 Å². The highest BCUT2D eigenvalue weighted by molar-refractivity contribution is 6.32. The van der Waals surface area contributed by atoms with Crippen molar-refractivity contribution >= 4 is 17.6 Å². The fraction of sp³-hybridized carbons (Fsp3) is 0.562. The standard InChI is InChI=1S/C16H22ClNO3/c17-14-6-1-2-7-15(14)21-12-13-5-3-9-18(11-13)10-4-8-16(19)20/h1-2,6-7,13H,3-5,8-12H2,(H,19,20). The molecule has 1 aliphatic heterocycles. The number of halogens is 1. The Morgan fingerprint density at radius 1 is 1.43 bits per heavy atom. The summed E-state index contributed by atoms with van der Waals surface area (Å²) in [6, 6.07) is 7.52. The topological polar surface area (TPSA) is 49.8 Å². The number of carboxylic acids is 1. The van der Waals surface area contributed by atoms with E-state index in [0.717, 1.165) is 38.2 Å². The molecule has 1 N–H and O–H groups in total. The number of benzene rings is 1. The van der Waals surface area contributed by atoms with Crippen LogP contribution in [0.25, 0.3) is 0 Å².